The minimum Gasteiger partial charge on any atom is -0.495 e. The summed E-state index contributed by atoms with van der Waals surface area (Å²) in [6.45, 7) is 3.53. The van der Waals surface area contributed by atoms with Gasteiger partial charge in [-0.3, -0.25) is 9.52 Å². The van der Waals surface area contributed by atoms with Crippen LogP contribution in [0.1, 0.15) is 18.9 Å². The fourth-order valence-corrected chi connectivity index (χ4v) is 3.32. The number of carbonyl (C=O) groups is 1. The smallest absolute Gasteiger partial charge is 0.261 e. The Morgan fingerprint density at radius 1 is 1.20 bits per heavy atom. The summed E-state index contributed by atoms with van der Waals surface area (Å²) in [5.74, 6) is 0.130. The zero-order valence-electron chi connectivity index (χ0n) is 14.1. The third-order valence-corrected chi connectivity index (χ3v) is 5.29. The summed E-state index contributed by atoms with van der Waals surface area (Å²) in [4.78, 5) is 11.6. The van der Waals surface area contributed by atoms with Crippen molar-refractivity contribution in [2.45, 2.75) is 25.2 Å². The van der Waals surface area contributed by atoms with Gasteiger partial charge < -0.3 is 10.1 Å². The predicted molar refractivity (Wildman–Crippen MR) is 98.9 cm³/mol. The van der Waals surface area contributed by atoms with Gasteiger partial charge in [0, 0.05) is 11.4 Å². The summed E-state index contributed by atoms with van der Waals surface area (Å²) in [5.41, 5.74) is 1.49. The molecule has 0 saturated carbocycles. The van der Waals surface area contributed by atoms with Crippen molar-refractivity contribution in [2.24, 2.45) is 0 Å². The quantitative estimate of drug-likeness (QED) is 0.795. The van der Waals surface area contributed by atoms with Gasteiger partial charge in [0.05, 0.1) is 23.4 Å². The lowest BCUT2D eigenvalue weighted by atomic mass is 10.2. The van der Waals surface area contributed by atoms with Gasteiger partial charge in [0.15, 0.2) is 0 Å². The topological polar surface area (TPSA) is 84.5 Å². The SMILES string of the molecule is CCC(=O)Nc1cc(S(=O)(=O)Nc2ccc(C)c(Cl)c2)ccc1OC. The fraction of sp³-hybridized carbons (Fsp3) is 0.235. The first-order chi connectivity index (χ1) is 11.8. The Bertz CT molecular complexity index is 898. The van der Waals surface area contributed by atoms with E-state index in [-0.39, 0.29) is 17.2 Å². The molecule has 0 atom stereocenters. The van der Waals surface area contributed by atoms with Gasteiger partial charge in [-0.2, -0.15) is 0 Å². The second-order valence-electron chi connectivity index (χ2n) is 5.33. The van der Waals surface area contributed by atoms with Crippen LogP contribution < -0.4 is 14.8 Å². The highest BCUT2D eigenvalue weighted by Crippen LogP contribution is 2.29. The molecule has 134 valence electrons. The van der Waals surface area contributed by atoms with Crippen molar-refractivity contribution in [3.05, 3.63) is 47.0 Å². The van der Waals surface area contributed by atoms with Gasteiger partial charge >= 0.3 is 0 Å². The summed E-state index contributed by atoms with van der Waals surface area (Å²) in [5, 5.41) is 3.09. The molecule has 0 aliphatic heterocycles. The summed E-state index contributed by atoms with van der Waals surface area (Å²) in [6.07, 6.45) is 0.264. The molecule has 0 fully saturated rings. The monoisotopic (exact) mass is 382 g/mol. The van der Waals surface area contributed by atoms with Crippen molar-refractivity contribution in [3.63, 3.8) is 0 Å². The molecule has 0 heterocycles. The van der Waals surface area contributed by atoms with Crippen LogP contribution in [0.25, 0.3) is 0 Å². The van der Waals surface area contributed by atoms with Crippen molar-refractivity contribution in [1.29, 1.82) is 0 Å². The molecule has 0 bridgehead atoms. The maximum Gasteiger partial charge on any atom is 0.261 e. The number of hydrogen-bond acceptors (Lipinski definition) is 4. The molecule has 25 heavy (non-hydrogen) atoms. The first kappa shape index (κ1) is 19.1. The maximum atomic E-state index is 12.6. The molecular formula is C17H19ClN2O4S. The lowest BCUT2D eigenvalue weighted by molar-refractivity contribution is -0.115. The van der Waals surface area contributed by atoms with Crippen LogP contribution in [0.2, 0.25) is 5.02 Å². The first-order valence-electron chi connectivity index (χ1n) is 7.53. The number of halogens is 1. The van der Waals surface area contributed by atoms with E-state index in [4.69, 9.17) is 16.3 Å². The number of carbonyl (C=O) groups excluding carboxylic acids is 1. The van der Waals surface area contributed by atoms with E-state index in [9.17, 15) is 13.2 Å². The fourth-order valence-electron chi connectivity index (χ4n) is 2.06. The highest BCUT2D eigenvalue weighted by molar-refractivity contribution is 7.92. The van der Waals surface area contributed by atoms with Crippen LogP contribution in [0.4, 0.5) is 11.4 Å². The van der Waals surface area contributed by atoms with Crippen LogP contribution >= 0.6 is 11.6 Å². The number of amides is 1. The number of sulfonamides is 1. The van der Waals surface area contributed by atoms with Crippen LogP contribution in [0.5, 0.6) is 5.75 Å². The predicted octanol–water partition coefficient (Wildman–Crippen LogP) is 3.81. The third kappa shape index (κ3) is 4.64. The molecule has 0 unspecified atom stereocenters. The molecule has 0 aliphatic carbocycles. The molecule has 2 rings (SSSR count). The molecule has 1 amide bonds. The molecule has 0 aliphatic rings. The summed E-state index contributed by atoms with van der Waals surface area (Å²) >= 11 is 6.03. The van der Waals surface area contributed by atoms with Gasteiger partial charge in [0.2, 0.25) is 5.91 Å². The molecule has 8 heteroatoms. The van der Waals surface area contributed by atoms with E-state index >= 15 is 0 Å². The third-order valence-electron chi connectivity index (χ3n) is 3.50. The highest BCUT2D eigenvalue weighted by Gasteiger charge is 2.18. The average molecular weight is 383 g/mol. The van der Waals surface area contributed by atoms with E-state index in [1.807, 2.05) is 6.92 Å². The summed E-state index contributed by atoms with van der Waals surface area (Å²) in [6, 6.07) is 9.13. The minimum absolute atomic E-state index is 0.00333. The van der Waals surface area contributed by atoms with E-state index in [1.54, 1.807) is 19.1 Å². The number of benzene rings is 2. The van der Waals surface area contributed by atoms with Gasteiger partial charge in [-0.25, -0.2) is 8.42 Å². The van der Waals surface area contributed by atoms with E-state index in [0.717, 1.165) is 5.56 Å². The van der Waals surface area contributed by atoms with Crippen molar-refractivity contribution < 1.29 is 17.9 Å². The molecule has 0 radical (unpaired) electrons. The lowest BCUT2D eigenvalue weighted by Gasteiger charge is -2.13. The minimum atomic E-state index is -3.85. The molecule has 2 aromatic carbocycles. The average Bonchev–Trinajstić information content (AvgIpc) is 2.57. The normalized spacial score (nSPS) is 11.0. The standard InChI is InChI=1S/C17H19ClN2O4S/c1-4-17(21)19-15-10-13(7-8-16(15)24-3)25(22,23)20-12-6-5-11(2)14(18)9-12/h5-10,20H,4H2,1-3H3,(H,19,21). The van der Waals surface area contributed by atoms with Gasteiger partial charge in [-0.1, -0.05) is 24.6 Å². The van der Waals surface area contributed by atoms with Crippen molar-refractivity contribution in [3.8, 4) is 5.75 Å². The van der Waals surface area contributed by atoms with Crippen LogP contribution in [-0.4, -0.2) is 21.4 Å². The zero-order chi connectivity index (χ0) is 18.6. The Morgan fingerprint density at radius 2 is 1.92 bits per heavy atom. The molecule has 6 nitrogen and oxygen atoms in total. The van der Waals surface area contributed by atoms with Gasteiger partial charge in [-0.05, 0) is 42.8 Å². The van der Waals surface area contributed by atoms with Crippen molar-refractivity contribution >= 4 is 38.9 Å². The van der Waals surface area contributed by atoms with E-state index in [1.165, 1.54) is 31.4 Å². The molecule has 2 aromatic rings. The number of aryl methyl sites for hydroxylation is 1. The molecule has 2 N–H and O–H groups in total. The number of hydrogen-bond donors (Lipinski definition) is 2. The van der Waals surface area contributed by atoms with Crippen molar-refractivity contribution in [1.82, 2.24) is 0 Å². The van der Waals surface area contributed by atoms with E-state index in [0.29, 0.717) is 22.1 Å². The Balaban J connectivity index is 2.36. The summed E-state index contributed by atoms with van der Waals surface area (Å²) < 4.78 is 32.8. The zero-order valence-corrected chi connectivity index (χ0v) is 15.7. The number of ether oxygens (including phenoxy) is 1. The largest absolute Gasteiger partial charge is 0.495 e. The Kier molecular flexibility index (Phi) is 5.92. The number of nitrogens with one attached hydrogen (secondary N) is 2. The second-order valence-corrected chi connectivity index (χ2v) is 7.42. The second kappa shape index (κ2) is 7.76. The molecular weight excluding hydrogens is 364 g/mol. The Morgan fingerprint density at radius 3 is 2.52 bits per heavy atom. The molecule has 0 spiro atoms. The number of methoxy groups -OCH3 is 1. The molecule has 0 aromatic heterocycles. The van der Waals surface area contributed by atoms with E-state index in [2.05, 4.69) is 10.0 Å². The highest BCUT2D eigenvalue weighted by atomic mass is 35.5. The summed E-state index contributed by atoms with van der Waals surface area (Å²) in [7, 11) is -2.41. The van der Waals surface area contributed by atoms with Gasteiger partial charge in [0.25, 0.3) is 10.0 Å². The number of rotatable bonds is 6. The maximum absolute atomic E-state index is 12.6. The lowest BCUT2D eigenvalue weighted by Crippen LogP contribution is -2.15. The first-order valence-corrected chi connectivity index (χ1v) is 9.39. The Labute approximate surface area is 152 Å². The van der Waals surface area contributed by atoms with Crippen LogP contribution in [0.3, 0.4) is 0 Å². The van der Waals surface area contributed by atoms with Crippen LogP contribution in [-0.2, 0) is 14.8 Å². The van der Waals surface area contributed by atoms with Gasteiger partial charge in [0.1, 0.15) is 5.75 Å². The number of anilines is 2. The molecule has 0 saturated heterocycles. The van der Waals surface area contributed by atoms with Crippen LogP contribution in [0.15, 0.2) is 41.3 Å². The van der Waals surface area contributed by atoms with E-state index < -0.39 is 10.0 Å². The van der Waals surface area contributed by atoms with Gasteiger partial charge in [-0.15, -0.1) is 0 Å². The van der Waals surface area contributed by atoms with Crippen LogP contribution in [0, 0.1) is 6.92 Å². The van der Waals surface area contributed by atoms with Crippen molar-refractivity contribution in [2.75, 3.05) is 17.1 Å². The Hall–Kier alpha value is -2.25.